The van der Waals surface area contributed by atoms with E-state index in [1.165, 1.54) is 0 Å². The molecule has 0 spiro atoms. The quantitative estimate of drug-likeness (QED) is 0.723. The first kappa shape index (κ1) is 16.8. The predicted octanol–water partition coefficient (Wildman–Crippen LogP) is 3.38. The molecule has 3 amide bonds. The van der Waals surface area contributed by atoms with Crippen molar-refractivity contribution >= 4 is 23.3 Å². The zero-order chi connectivity index (χ0) is 17.5. The minimum atomic E-state index is -0.197. The van der Waals surface area contributed by atoms with Gasteiger partial charge in [-0.15, -0.1) is 0 Å². The molecule has 130 valence electrons. The minimum Gasteiger partial charge on any atom is -0.493 e. The van der Waals surface area contributed by atoms with Gasteiger partial charge in [0.15, 0.2) is 0 Å². The summed E-state index contributed by atoms with van der Waals surface area (Å²) >= 11 is 0. The van der Waals surface area contributed by atoms with Crippen LogP contribution in [0.4, 0.5) is 16.2 Å². The molecule has 0 radical (unpaired) electrons. The van der Waals surface area contributed by atoms with Crippen LogP contribution in [0.1, 0.15) is 19.3 Å². The standard InChI is InChI=1S/C19H21N3O3/c23-18(12-13-25-17-4-2-1-3-5-17)20-14-6-8-15(9-7-14)21-19(24)22-16-10-11-16/h1-9,16H,10-13H2,(H,20,23)(H2,21,22,24). The highest BCUT2D eigenvalue weighted by atomic mass is 16.5. The Bertz CT molecular complexity index is 712. The van der Waals surface area contributed by atoms with Gasteiger partial charge < -0.3 is 20.7 Å². The molecular formula is C19H21N3O3. The van der Waals surface area contributed by atoms with Crippen molar-refractivity contribution in [2.75, 3.05) is 17.2 Å². The van der Waals surface area contributed by atoms with Crippen molar-refractivity contribution in [3.8, 4) is 5.75 Å². The lowest BCUT2D eigenvalue weighted by Crippen LogP contribution is -2.30. The van der Waals surface area contributed by atoms with Crippen LogP contribution in [0.5, 0.6) is 5.75 Å². The van der Waals surface area contributed by atoms with Gasteiger partial charge in [0.1, 0.15) is 5.75 Å². The zero-order valence-corrected chi connectivity index (χ0v) is 13.8. The summed E-state index contributed by atoms with van der Waals surface area (Å²) in [6.07, 6.45) is 2.36. The molecule has 0 aliphatic heterocycles. The number of amides is 3. The van der Waals surface area contributed by atoms with E-state index in [1.54, 1.807) is 24.3 Å². The topological polar surface area (TPSA) is 79.5 Å². The molecule has 2 aromatic rings. The lowest BCUT2D eigenvalue weighted by Gasteiger charge is -2.09. The van der Waals surface area contributed by atoms with Crippen LogP contribution >= 0.6 is 0 Å². The molecule has 0 bridgehead atoms. The molecule has 1 saturated carbocycles. The number of nitrogens with one attached hydrogen (secondary N) is 3. The van der Waals surface area contributed by atoms with Gasteiger partial charge in [-0.1, -0.05) is 18.2 Å². The van der Waals surface area contributed by atoms with Crippen LogP contribution in [0.2, 0.25) is 0 Å². The van der Waals surface area contributed by atoms with Crippen LogP contribution in [-0.2, 0) is 4.79 Å². The highest BCUT2D eigenvalue weighted by molar-refractivity contribution is 5.92. The van der Waals surface area contributed by atoms with Gasteiger partial charge in [0, 0.05) is 17.4 Å². The second kappa shape index (κ2) is 8.19. The van der Waals surface area contributed by atoms with Crippen molar-refractivity contribution < 1.29 is 14.3 Å². The first-order valence-corrected chi connectivity index (χ1v) is 8.34. The third kappa shape index (κ3) is 5.84. The molecule has 0 heterocycles. The molecule has 0 atom stereocenters. The van der Waals surface area contributed by atoms with Crippen molar-refractivity contribution in [1.82, 2.24) is 5.32 Å². The van der Waals surface area contributed by atoms with E-state index in [-0.39, 0.29) is 18.4 Å². The van der Waals surface area contributed by atoms with E-state index < -0.39 is 0 Å². The van der Waals surface area contributed by atoms with Crippen molar-refractivity contribution in [2.24, 2.45) is 0 Å². The fraction of sp³-hybridized carbons (Fsp3) is 0.263. The van der Waals surface area contributed by atoms with Gasteiger partial charge in [-0.2, -0.15) is 0 Å². The summed E-state index contributed by atoms with van der Waals surface area (Å²) in [6.45, 7) is 0.316. The van der Waals surface area contributed by atoms with E-state index in [1.807, 2.05) is 30.3 Å². The Hall–Kier alpha value is -3.02. The molecule has 0 saturated heterocycles. The van der Waals surface area contributed by atoms with Crippen LogP contribution < -0.4 is 20.7 Å². The number of rotatable bonds is 7. The second-order valence-electron chi connectivity index (χ2n) is 5.91. The van der Waals surface area contributed by atoms with E-state index in [2.05, 4.69) is 16.0 Å². The Balaban J connectivity index is 1.39. The number of anilines is 2. The highest BCUT2D eigenvalue weighted by Crippen LogP contribution is 2.19. The van der Waals surface area contributed by atoms with E-state index in [0.717, 1.165) is 18.6 Å². The third-order valence-electron chi connectivity index (χ3n) is 3.68. The van der Waals surface area contributed by atoms with E-state index >= 15 is 0 Å². The summed E-state index contributed by atoms with van der Waals surface area (Å²) in [7, 11) is 0. The van der Waals surface area contributed by atoms with Crippen molar-refractivity contribution in [3.63, 3.8) is 0 Å². The smallest absolute Gasteiger partial charge is 0.319 e. The Morgan fingerprint density at radius 3 is 2.20 bits per heavy atom. The van der Waals surface area contributed by atoms with Crippen LogP contribution in [0, 0.1) is 0 Å². The van der Waals surface area contributed by atoms with Gasteiger partial charge >= 0.3 is 6.03 Å². The summed E-state index contributed by atoms with van der Waals surface area (Å²) in [5, 5.41) is 8.42. The van der Waals surface area contributed by atoms with Crippen molar-refractivity contribution in [2.45, 2.75) is 25.3 Å². The lowest BCUT2D eigenvalue weighted by molar-refractivity contribution is -0.116. The Kier molecular flexibility index (Phi) is 5.51. The number of ether oxygens (including phenoxy) is 1. The van der Waals surface area contributed by atoms with Crippen LogP contribution in [-0.4, -0.2) is 24.6 Å². The number of carbonyl (C=O) groups is 2. The molecule has 1 fully saturated rings. The summed E-state index contributed by atoms with van der Waals surface area (Å²) in [6, 6.07) is 16.5. The number of hydrogen-bond donors (Lipinski definition) is 3. The first-order chi connectivity index (χ1) is 12.2. The van der Waals surface area contributed by atoms with Crippen molar-refractivity contribution in [1.29, 1.82) is 0 Å². The average Bonchev–Trinajstić information content (AvgIpc) is 3.41. The molecule has 0 unspecified atom stereocenters. The molecule has 6 nitrogen and oxygen atoms in total. The molecule has 25 heavy (non-hydrogen) atoms. The number of para-hydroxylation sites is 1. The Labute approximate surface area is 146 Å². The molecule has 0 aromatic heterocycles. The van der Waals surface area contributed by atoms with Gasteiger partial charge in [0.2, 0.25) is 5.91 Å². The molecule has 6 heteroatoms. The highest BCUT2D eigenvalue weighted by Gasteiger charge is 2.23. The maximum Gasteiger partial charge on any atom is 0.319 e. The molecular weight excluding hydrogens is 318 g/mol. The zero-order valence-electron chi connectivity index (χ0n) is 13.8. The third-order valence-corrected chi connectivity index (χ3v) is 3.68. The maximum atomic E-state index is 11.9. The average molecular weight is 339 g/mol. The largest absolute Gasteiger partial charge is 0.493 e. The van der Waals surface area contributed by atoms with Gasteiger partial charge in [-0.05, 0) is 49.2 Å². The maximum absolute atomic E-state index is 11.9. The number of urea groups is 1. The summed E-state index contributed by atoms with van der Waals surface area (Å²) < 4.78 is 5.50. The molecule has 1 aliphatic carbocycles. The Morgan fingerprint density at radius 1 is 0.920 bits per heavy atom. The summed E-state index contributed by atoms with van der Waals surface area (Å²) in [5.41, 5.74) is 1.36. The molecule has 3 N–H and O–H groups in total. The normalized spacial score (nSPS) is 13.0. The molecule has 1 aliphatic rings. The van der Waals surface area contributed by atoms with Crippen LogP contribution in [0.25, 0.3) is 0 Å². The molecule has 2 aromatic carbocycles. The fourth-order valence-electron chi connectivity index (χ4n) is 2.22. The second-order valence-corrected chi connectivity index (χ2v) is 5.91. The van der Waals surface area contributed by atoms with Crippen LogP contribution in [0.15, 0.2) is 54.6 Å². The SMILES string of the molecule is O=C(CCOc1ccccc1)Nc1ccc(NC(=O)NC2CC2)cc1. The lowest BCUT2D eigenvalue weighted by atomic mass is 10.2. The Morgan fingerprint density at radius 2 is 1.56 bits per heavy atom. The van der Waals surface area contributed by atoms with Gasteiger partial charge in [0.05, 0.1) is 13.0 Å². The van der Waals surface area contributed by atoms with E-state index in [4.69, 9.17) is 4.74 Å². The van der Waals surface area contributed by atoms with Crippen molar-refractivity contribution in [3.05, 3.63) is 54.6 Å². The monoisotopic (exact) mass is 339 g/mol. The van der Waals surface area contributed by atoms with Crippen LogP contribution in [0.3, 0.4) is 0 Å². The summed E-state index contributed by atoms with van der Waals surface area (Å²) in [4.78, 5) is 23.6. The number of hydrogen-bond acceptors (Lipinski definition) is 3. The number of carbonyl (C=O) groups excluding carboxylic acids is 2. The summed E-state index contributed by atoms with van der Waals surface area (Å²) in [5.74, 6) is 0.623. The fourth-order valence-corrected chi connectivity index (χ4v) is 2.22. The minimum absolute atomic E-state index is 0.122. The number of benzene rings is 2. The van der Waals surface area contributed by atoms with Gasteiger partial charge in [0.25, 0.3) is 0 Å². The van der Waals surface area contributed by atoms with Gasteiger partial charge in [-0.25, -0.2) is 4.79 Å². The predicted molar refractivity (Wildman–Crippen MR) is 96.8 cm³/mol. The van der Waals surface area contributed by atoms with E-state index in [9.17, 15) is 9.59 Å². The first-order valence-electron chi connectivity index (χ1n) is 8.34. The van der Waals surface area contributed by atoms with E-state index in [0.29, 0.717) is 24.0 Å². The molecule has 3 rings (SSSR count). The van der Waals surface area contributed by atoms with Gasteiger partial charge in [-0.3, -0.25) is 4.79 Å².